The number of rotatable bonds is 0. The molecule has 4 heteroatoms. The largest absolute Gasteiger partial charge is 0.507 e. The van der Waals surface area contributed by atoms with Crippen molar-refractivity contribution in [3.8, 4) is 5.75 Å². The van der Waals surface area contributed by atoms with Gasteiger partial charge in [-0.3, -0.25) is 4.79 Å². The monoisotopic (exact) mass is 368 g/mol. The van der Waals surface area contributed by atoms with Gasteiger partial charge >= 0.3 is 0 Å². The standard InChI is InChI=1S/C24H16O4/c25-21-9-14-7-13-5-6-27-12-15(13)8-17(14)18-10-20-23(11-19(18)21)28-22-4-2-1-3-16(22)24(20)26/h1-4,7-11,25H,5-6,12H2. The van der Waals surface area contributed by atoms with E-state index in [9.17, 15) is 9.90 Å². The van der Waals surface area contributed by atoms with Crippen molar-refractivity contribution >= 4 is 43.5 Å². The third-order valence-corrected chi connectivity index (χ3v) is 5.72. The first kappa shape index (κ1) is 15.7. The Labute approximate surface area is 159 Å². The van der Waals surface area contributed by atoms with E-state index in [1.165, 1.54) is 5.56 Å². The average Bonchev–Trinajstić information content (AvgIpc) is 2.72. The minimum absolute atomic E-state index is 0.0588. The van der Waals surface area contributed by atoms with Crippen LogP contribution in [0.2, 0.25) is 0 Å². The van der Waals surface area contributed by atoms with E-state index in [-0.39, 0.29) is 11.2 Å². The van der Waals surface area contributed by atoms with Crippen LogP contribution in [0.1, 0.15) is 11.1 Å². The first-order valence-electron chi connectivity index (χ1n) is 9.33. The number of para-hydroxylation sites is 1. The van der Waals surface area contributed by atoms with E-state index in [2.05, 4.69) is 12.1 Å². The molecular weight excluding hydrogens is 352 g/mol. The molecule has 1 aliphatic rings. The van der Waals surface area contributed by atoms with E-state index < -0.39 is 0 Å². The molecule has 28 heavy (non-hydrogen) atoms. The molecule has 0 atom stereocenters. The number of aromatic hydroxyl groups is 1. The van der Waals surface area contributed by atoms with Crippen molar-refractivity contribution < 1.29 is 14.3 Å². The quantitative estimate of drug-likeness (QED) is 0.308. The zero-order valence-corrected chi connectivity index (χ0v) is 15.0. The van der Waals surface area contributed by atoms with E-state index in [1.807, 2.05) is 18.2 Å². The molecule has 0 saturated heterocycles. The van der Waals surface area contributed by atoms with E-state index in [1.54, 1.807) is 24.3 Å². The van der Waals surface area contributed by atoms with Gasteiger partial charge < -0.3 is 14.3 Å². The summed E-state index contributed by atoms with van der Waals surface area (Å²) in [6.07, 6.45) is 0.872. The molecule has 0 bridgehead atoms. The minimum atomic E-state index is -0.0588. The van der Waals surface area contributed by atoms with Crippen molar-refractivity contribution in [1.29, 1.82) is 0 Å². The summed E-state index contributed by atoms with van der Waals surface area (Å²) in [5, 5.41) is 15.2. The molecule has 4 nitrogen and oxygen atoms in total. The van der Waals surface area contributed by atoms with Crippen LogP contribution < -0.4 is 5.43 Å². The van der Waals surface area contributed by atoms with Crippen LogP contribution in [-0.2, 0) is 17.8 Å². The van der Waals surface area contributed by atoms with Gasteiger partial charge in [-0.05, 0) is 70.1 Å². The molecule has 0 amide bonds. The number of benzene rings is 4. The van der Waals surface area contributed by atoms with Crippen LogP contribution in [0.3, 0.4) is 0 Å². The van der Waals surface area contributed by atoms with Crippen molar-refractivity contribution in [2.75, 3.05) is 6.61 Å². The zero-order valence-electron chi connectivity index (χ0n) is 15.0. The van der Waals surface area contributed by atoms with Crippen LogP contribution in [-0.4, -0.2) is 11.7 Å². The molecule has 0 aliphatic carbocycles. The number of fused-ring (bicyclic) bond motifs is 6. The summed E-state index contributed by atoms with van der Waals surface area (Å²) in [6.45, 7) is 1.31. The molecule has 6 rings (SSSR count). The van der Waals surface area contributed by atoms with Crippen molar-refractivity contribution in [2.24, 2.45) is 0 Å². The normalized spacial score (nSPS) is 14.1. The SMILES string of the molecule is O=c1c2ccccc2oc2cc3c(O)cc4cc5c(cc4c3cc12)COCC5. The second kappa shape index (κ2) is 5.57. The van der Waals surface area contributed by atoms with E-state index in [4.69, 9.17) is 9.15 Å². The van der Waals surface area contributed by atoms with Gasteiger partial charge in [0.2, 0.25) is 5.43 Å². The lowest BCUT2D eigenvalue weighted by atomic mass is 9.93. The molecule has 5 aromatic rings. The van der Waals surface area contributed by atoms with Crippen LogP contribution >= 0.6 is 0 Å². The fraction of sp³-hybridized carbons (Fsp3) is 0.125. The summed E-state index contributed by atoms with van der Waals surface area (Å²) in [5.41, 5.74) is 3.38. The van der Waals surface area contributed by atoms with Gasteiger partial charge in [-0.25, -0.2) is 0 Å². The molecule has 0 spiro atoms. The van der Waals surface area contributed by atoms with Gasteiger partial charge in [0.25, 0.3) is 0 Å². The Hall–Kier alpha value is -3.37. The predicted molar refractivity (Wildman–Crippen MR) is 110 cm³/mol. The van der Waals surface area contributed by atoms with Crippen molar-refractivity contribution in [3.05, 3.63) is 75.9 Å². The lowest BCUT2D eigenvalue weighted by Crippen LogP contribution is -2.09. The van der Waals surface area contributed by atoms with E-state index in [0.717, 1.165) is 34.7 Å². The zero-order chi connectivity index (χ0) is 18.8. The Bertz CT molecular complexity index is 1490. The number of phenolic OH excluding ortho intramolecular Hbond substituents is 1. The van der Waals surface area contributed by atoms with E-state index >= 15 is 0 Å². The molecule has 1 aromatic heterocycles. The molecule has 4 aromatic carbocycles. The highest BCUT2D eigenvalue weighted by atomic mass is 16.5. The Balaban J connectivity index is 1.79. The minimum Gasteiger partial charge on any atom is -0.507 e. The van der Waals surface area contributed by atoms with Crippen molar-refractivity contribution in [3.63, 3.8) is 0 Å². The molecule has 0 radical (unpaired) electrons. The maximum absolute atomic E-state index is 13.0. The first-order valence-corrected chi connectivity index (χ1v) is 9.33. The fourth-order valence-corrected chi connectivity index (χ4v) is 4.30. The summed E-state index contributed by atoms with van der Waals surface area (Å²) in [4.78, 5) is 13.0. The van der Waals surface area contributed by atoms with Gasteiger partial charge in [-0.15, -0.1) is 0 Å². The Kier molecular flexibility index (Phi) is 3.11. The molecular formula is C24H16O4. The fourth-order valence-electron chi connectivity index (χ4n) is 4.30. The van der Waals surface area contributed by atoms with Gasteiger partial charge in [-0.1, -0.05) is 18.2 Å². The topological polar surface area (TPSA) is 59.7 Å². The highest BCUT2D eigenvalue weighted by Gasteiger charge is 2.16. The lowest BCUT2D eigenvalue weighted by molar-refractivity contribution is 0.111. The molecule has 1 aliphatic heterocycles. The van der Waals surface area contributed by atoms with Gasteiger partial charge in [0.1, 0.15) is 16.9 Å². The van der Waals surface area contributed by atoms with Crippen LogP contribution in [0.25, 0.3) is 43.5 Å². The van der Waals surface area contributed by atoms with Crippen molar-refractivity contribution in [2.45, 2.75) is 13.0 Å². The van der Waals surface area contributed by atoms with E-state index in [0.29, 0.717) is 33.9 Å². The molecule has 136 valence electrons. The molecule has 1 N–H and O–H groups in total. The van der Waals surface area contributed by atoms with Crippen LogP contribution in [0.15, 0.2) is 63.8 Å². The summed E-state index contributed by atoms with van der Waals surface area (Å²) in [7, 11) is 0. The Morgan fingerprint density at radius 1 is 0.786 bits per heavy atom. The number of phenols is 1. The van der Waals surface area contributed by atoms with Crippen LogP contribution in [0.5, 0.6) is 5.75 Å². The van der Waals surface area contributed by atoms with Gasteiger partial charge in [0, 0.05) is 5.39 Å². The summed E-state index contributed by atoms with van der Waals surface area (Å²) in [5.74, 6) is 0.187. The van der Waals surface area contributed by atoms with Crippen molar-refractivity contribution in [1.82, 2.24) is 0 Å². The molecule has 0 fully saturated rings. The summed E-state index contributed by atoms with van der Waals surface area (Å²) in [6, 6.07) is 16.9. The third kappa shape index (κ3) is 2.12. The average molecular weight is 368 g/mol. The van der Waals surface area contributed by atoms with Gasteiger partial charge in [0.05, 0.1) is 24.0 Å². The molecule has 2 heterocycles. The van der Waals surface area contributed by atoms with Crippen LogP contribution in [0, 0.1) is 0 Å². The highest BCUT2D eigenvalue weighted by molar-refractivity contribution is 6.14. The molecule has 0 unspecified atom stereocenters. The predicted octanol–water partition coefficient (Wildman–Crippen LogP) is 5.03. The smallest absolute Gasteiger partial charge is 0.200 e. The summed E-state index contributed by atoms with van der Waals surface area (Å²) < 4.78 is 11.6. The maximum atomic E-state index is 13.0. The second-order valence-corrected chi connectivity index (χ2v) is 7.36. The number of ether oxygens (including phenoxy) is 1. The summed E-state index contributed by atoms with van der Waals surface area (Å²) >= 11 is 0. The second-order valence-electron chi connectivity index (χ2n) is 7.36. The maximum Gasteiger partial charge on any atom is 0.200 e. The highest BCUT2D eigenvalue weighted by Crippen LogP contribution is 2.37. The number of hydrogen-bond donors (Lipinski definition) is 1. The third-order valence-electron chi connectivity index (χ3n) is 5.72. The number of hydrogen-bond acceptors (Lipinski definition) is 4. The Morgan fingerprint density at radius 2 is 1.68 bits per heavy atom. The lowest BCUT2D eigenvalue weighted by Gasteiger charge is -2.18. The van der Waals surface area contributed by atoms with Crippen LogP contribution in [0.4, 0.5) is 0 Å². The van der Waals surface area contributed by atoms with Gasteiger partial charge in [-0.2, -0.15) is 0 Å². The first-order chi connectivity index (χ1) is 13.7. The van der Waals surface area contributed by atoms with Gasteiger partial charge in [0.15, 0.2) is 0 Å². The molecule has 0 saturated carbocycles. The Morgan fingerprint density at radius 3 is 2.61 bits per heavy atom.